The van der Waals surface area contributed by atoms with Crippen molar-refractivity contribution in [2.45, 2.75) is 75.1 Å². The molecule has 4 unspecified atom stereocenters. The van der Waals surface area contributed by atoms with E-state index < -0.39 is 96.7 Å². The molecule has 2 aliphatic rings. The van der Waals surface area contributed by atoms with E-state index in [1.807, 2.05) is 0 Å². The van der Waals surface area contributed by atoms with Crippen LogP contribution in [0, 0.1) is 0 Å². The number of ether oxygens (including phenoxy) is 4. The van der Waals surface area contributed by atoms with Crippen molar-refractivity contribution in [2.75, 3.05) is 0 Å². The van der Waals surface area contributed by atoms with Crippen molar-refractivity contribution in [1.82, 2.24) is 19.1 Å². The number of aromatic nitrogens is 4. The smallest absolute Gasteiger partial charge is 0.330 e. The molecule has 8 atom stereocenters. The summed E-state index contributed by atoms with van der Waals surface area (Å²) in [6, 6.07) is 0. The Morgan fingerprint density at radius 2 is 1.17 bits per heavy atom. The van der Waals surface area contributed by atoms with Gasteiger partial charge in [0.15, 0.2) is 0 Å². The van der Waals surface area contributed by atoms with Crippen LogP contribution in [0.3, 0.4) is 0 Å². The third-order valence-corrected chi connectivity index (χ3v) is 7.50. The fourth-order valence-corrected chi connectivity index (χ4v) is 5.31. The minimum absolute atomic E-state index is 0.0946. The number of rotatable bonds is 11. The number of hydrogen-bond acceptors (Lipinski definition) is 14. The molecule has 20 heteroatoms. The van der Waals surface area contributed by atoms with Crippen LogP contribution in [0.15, 0.2) is 41.5 Å². The second-order valence-electron chi connectivity index (χ2n) is 10.1. The summed E-state index contributed by atoms with van der Waals surface area (Å²) in [4.78, 5) is 79.9. The van der Waals surface area contributed by atoms with Crippen molar-refractivity contribution in [3.63, 3.8) is 0 Å². The van der Waals surface area contributed by atoms with Crippen molar-refractivity contribution in [2.24, 2.45) is 0 Å². The van der Waals surface area contributed by atoms with Crippen molar-refractivity contribution in [3.8, 4) is 0 Å². The van der Waals surface area contributed by atoms with Crippen LogP contribution < -0.4 is 22.5 Å². The van der Waals surface area contributed by atoms with Gasteiger partial charge in [-0.15, -0.1) is 0 Å². The lowest BCUT2D eigenvalue weighted by Crippen LogP contribution is -2.39. The third-order valence-electron chi connectivity index (χ3n) is 6.97. The van der Waals surface area contributed by atoms with Gasteiger partial charge in [0, 0.05) is 25.2 Å². The van der Waals surface area contributed by atoms with E-state index in [0.29, 0.717) is 0 Å². The predicted octanol–water partition coefficient (Wildman–Crippen LogP) is -1.38. The van der Waals surface area contributed by atoms with E-state index in [9.17, 15) is 49.2 Å². The van der Waals surface area contributed by atoms with E-state index in [4.69, 9.17) is 18.9 Å². The SMILES string of the molecule is O=C(CCC(=O)OC(O)[C@@H]1O[C@H](n2cc(C=CBr)c(=O)[nH]c2=O)CC1O)OC(O)[C@@H]1O[C@H](n2cc(C=CBr)c(=O)[nH]c2=O)CC1O. The highest BCUT2D eigenvalue weighted by molar-refractivity contribution is 9.11. The van der Waals surface area contributed by atoms with Gasteiger partial charge in [-0.3, -0.25) is 38.3 Å². The Morgan fingerprint density at radius 1 is 0.804 bits per heavy atom. The summed E-state index contributed by atoms with van der Waals surface area (Å²) < 4.78 is 22.7. The number of nitrogens with one attached hydrogen (secondary N) is 2. The molecule has 0 amide bonds. The molecule has 0 aromatic carbocycles. The van der Waals surface area contributed by atoms with E-state index in [0.717, 1.165) is 9.13 Å². The zero-order valence-electron chi connectivity index (χ0n) is 23.4. The molecule has 18 nitrogen and oxygen atoms in total. The Morgan fingerprint density at radius 3 is 1.52 bits per heavy atom. The van der Waals surface area contributed by atoms with E-state index in [-0.39, 0.29) is 24.0 Å². The number of nitrogens with zero attached hydrogens (tertiary/aromatic N) is 2. The van der Waals surface area contributed by atoms with Crippen LogP contribution >= 0.6 is 31.9 Å². The topological polar surface area (TPSA) is 262 Å². The third kappa shape index (κ3) is 8.25. The monoisotopic (exact) mass is 778 g/mol. The van der Waals surface area contributed by atoms with Crippen molar-refractivity contribution in [1.29, 1.82) is 0 Å². The van der Waals surface area contributed by atoms with Crippen LogP contribution in [0.2, 0.25) is 0 Å². The molecule has 2 saturated heterocycles. The minimum Gasteiger partial charge on any atom is -0.433 e. The summed E-state index contributed by atoms with van der Waals surface area (Å²) in [6.07, 6.45) is -8.54. The summed E-state index contributed by atoms with van der Waals surface area (Å²) in [5.41, 5.74) is -2.81. The molecule has 4 rings (SSSR count). The fraction of sp³-hybridized carbons (Fsp3) is 0.462. The summed E-state index contributed by atoms with van der Waals surface area (Å²) in [7, 11) is 0. The number of carbonyl (C=O) groups is 2. The molecule has 6 N–H and O–H groups in total. The molecule has 0 aliphatic carbocycles. The molecule has 0 spiro atoms. The molecule has 4 heterocycles. The highest BCUT2D eigenvalue weighted by atomic mass is 79.9. The van der Waals surface area contributed by atoms with Crippen molar-refractivity contribution < 1.29 is 49.0 Å². The Hall–Kier alpha value is -3.50. The van der Waals surface area contributed by atoms with Gasteiger partial charge in [-0.2, -0.15) is 0 Å². The number of halogens is 2. The molecule has 2 aromatic heterocycles. The van der Waals surface area contributed by atoms with Crippen LogP contribution in [0.25, 0.3) is 12.2 Å². The molecule has 0 bridgehead atoms. The first-order valence-electron chi connectivity index (χ1n) is 13.5. The maximum atomic E-state index is 12.3. The van der Waals surface area contributed by atoms with Gasteiger partial charge in [0.25, 0.3) is 11.1 Å². The molecule has 0 radical (unpaired) electrons. The molecular formula is C26H28Br2N4O14. The number of esters is 2. The summed E-state index contributed by atoms with van der Waals surface area (Å²) in [5.74, 6) is -2.21. The molecule has 2 fully saturated rings. The quantitative estimate of drug-likeness (QED) is 0.114. The largest absolute Gasteiger partial charge is 0.433 e. The maximum absolute atomic E-state index is 12.3. The lowest BCUT2D eigenvalue weighted by Gasteiger charge is -2.22. The van der Waals surface area contributed by atoms with Gasteiger partial charge in [-0.1, -0.05) is 31.9 Å². The number of aliphatic hydroxyl groups is 4. The van der Waals surface area contributed by atoms with Gasteiger partial charge >= 0.3 is 23.3 Å². The lowest BCUT2D eigenvalue weighted by atomic mass is 10.1. The van der Waals surface area contributed by atoms with Crippen LogP contribution in [0.5, 0.6) is 0 Å². The Balaban J connectivity index is 1.27. The maximum Gasteiger partial charge on any atom is 0.330 e. The second kappa shape index (κ2) is 15.4. The van der Waals surface area contributed by atoms with Crippen LogP contribution in [0.4, 0.5) is 0 Å². The number of hydrogen-bond donors (Lipinski definition) is 6. The highest BCUT2D eigenvalue weighted by Crippen LogP contribution is 2.31. The number of aromatic amines is 2. The van der Waals surface area contributed by atoms with E-state index in [1.165, 1.54) is 34.5 Å². The summed E-state index contributed by atoms with van der Waals surface area (Å²) >= 11 is 6.05. The van der Waals surface area contributed by atoms with Gasteiger partial charge in [0.1, 0.15) is 24.7 Å². The summed E-state index contributed by atoms with van der Waals surface area (Å²) in [6.45, 7) is 0. The molecule has 0 saturated carbocycles. The first-order valence-corrected chi connectivity index (χ1v) is 15.3. The average molecular weight is 780 g/mol. The van der Waals surface area contributed by atoms with Crippen molar-refractivity contribution in [3.05, 3.63) is 75.2 Å². The van der Waals surface area contributed by atoms with E-state index in [1.54, 1.807) is 0 Å². The van der Waals surface area contributed by atoms with Gasteiger partial charge in [-0.25, -0.2) is 9.59 Å². The van der Waals surface area contributed by atoms with Gasteiger partial charge in [0.05, 0.1) is 36.2 Å². The van der Waals surface area contributed by atoms with Crippen LogP contribution in [0.1, 0.15) is 49.3 Å². The van der Waals surface area contributed by atoms with E-state index >= 15 is 0 Å². The Labute approximate surface area is 273 Å². The second-order valence-corrected chi connectivity index (χ2v) is 11.1. The highest BCUT2D eigenvalue weighted by Gasteiger charge is 2.43. The van der Waals surface area contributed by atoms with Gasteiger partial charge < -0.3 is 39.4 Å². The molecule has 2 aliphatic heterocycles. The Bertz CT molecular complexity index is 1610. The standard InChI is InChI=1S/C26H28Br2N4O14/c27-5-3-11-9-31(25(41)29-21(11)37)15-7-13(33)19(43-15)23(39)45-17(35)1-2-18(36)46-24(40)20-14(34)8-16(44-20)32-10-12(4-6-28)22(38)30-26(32)42/h3-6,9-10,13-16,19-20,23-24,33-34,39-40H,1-2,7-8H2,(H,29,37,41)(H,30,38,42)/t13?,14?,15-,16-,19+,20+,23?,24?/m0/s1. The normalized spacial score (nSPS) is 26.0. The Kier molecular flexibility index (Phi) is 11.8. The van der Waals surface area contributed by atoms with Crippen molar-refractivity contribution >= 4 is 56.0 Å². The zero-order chi connectivity index (χ0) is 33.7. The van der Waals surface area contributed by atoms with E-state index in [2.05, 4.69) is 41.8 Å². The average Bonchev–Trinajstić information content (AvgIpc) is 3.57. The molecule has 2 aromatic rings. The lowest BCUT2D eigenvalue weighted by molar-refractivity contribution is -0.208. The number of carbonyl (C=O) groups excluding carboxylic acids is 2. The molecule has 250 valence electrons. The first-order chi connectivity index (χ1) is 21.8. The zero-order valence-corrected chi connectivity index (χ0v) is 26.6. The predicted molar refractivity (Wildman–Crippen MR) is 161 cm³/mol. The number of H-pyrrole nitrogens is 2. The minimum atomic E-state index is -2.00. The molecular weight excluding hydrogens is 752 g/mol. The van der Waals surface area contributed by atoms with Gasteiger partial charge in [-0.05, 0) is 22.1 Å². The van der Waals surface area contributed by atoms with Gasteiger partial charge in [0.2, 0.25) is 12.6 Å². The first kappa shape index (κ1) is 35.4. The molecule has 46 heavy (non-hydrogen) atoms. The number of aliphatic hydroxyl groups excluding tert-OH is 4. The van der Waals surface area contributed by atoms with Crippen LogP contribution in [-0.4, -0.2) is 88.5 Å². The van der Waals surface area contributed by atoms with Crippen LogP contribution in [-0.2, 0) is 28.5 Å². The fourth-order valence-electron chi connectivity index (χ4n) is 4.74. The summed E-state index contributed by atoms with van der Waals surface area (Å²) in [5, 5.41) is 41.4.